The van der Waals surface area contributed by atoms with Gasteiger partial charge in [0.05, 0.1) is 6.10 Å². The summed E-state index contributed by atoms with van der Waals surface area (Å²) >= 11 is 0. The van der Waals surface area contributed by atoms with Gasteiger partial charge in [-0.25, -0.2) is 8.78 Å². The predicted octanol–water partition coefficient (Wildman–Crippen LogP) is 1.91. The van der Waals surface area contributed by atoms with Crippen molar-refractivity contribution in [2.45, 2.75) is 50.6 Å². The average Bonchev–Trinajstić information content (AvgIpc) is 2.16. The van der Waals surface area contributed by atoms with Crippen LogP contribution in [-0.2, 0) is 0 Å². The van der Waals surface area contributed by atoms with E-state index in [1.807, 2.05) is 0 Å². The number of halogens is 2. The first-order valence-corrected chi connectivity index (χ1v) is 5.73. The molecule has 0 aromatic heterocycles. The predicted molar refractivity (Wildman–Crippen MR) is 53.6 cm³/mol. The molecule has 2 fully saturated rings. The molecule has 3 N–H and O–H groups in total. The van der Waals surface area contributed by atoms with Crippen LogP contribution in [0.2, 0.25) is 0 Å². The minimum Gasteiger partial charge on any atom is -0.393 e. The number of hydrogen-bond acceptors (Lipinski definition) is 2. The summed E-state index contributed by atoms with van der Waals surface area (Å²) in [6.07, 6.45) is 2.82. The second kappa shape index (κ2) is 3.67. The Kier molecular flexibility index (Phi) is 2.75. The van der Waals surface area contributed by atoms with Crippen LogP contribution < -0.4 is 5.73 Å². The van der Waals surface area contributed by atoms with Crippen LogP contribution in [0, 0.1) is 11.3 Å². The minimum atomic E-state index is -2.46. The molecule has 2 aliphatic carbocycles. The lowest BCUT2D eigenvalue weighted by atomic mass is 9.57. The van der Waals surface area contributed by atoms with Crippen LogP contribution in [0.15, 0.2) is 0 Å². The molecule has 0 heterocycles. The molecule has 0 amide bonds. The lowest BCUT2D eigenvalue weighted by Crippen LogP contribution is -2.51. The highest BCUT2D eigenvalue weighted by Crippen LogP contribution is 2.55. The average molecular weight is 219 g/mol. The van der Waals surface area contributed by atoms with Gasteiger partial charge < -0.3 is 10.8 Å². The third-order valence-corrected chi connectivity index (χ3v) is 4.31. The molecule has 0 radical (unpaired) electrons. The molecule has 2 saturated carbocycles. The SMILES string of the molecule is NCC1(C2CC(F)(F)C2)CCC(O)CC1. The van der Waals surface area contributed by atoms with Crippen molar-refractivity contribution in [3.63, 3.8) is 0 Å². The summed E-state index contributed by atoms with van der Waals surface area (Å²) in [6.45, 7) is 0.487. The summed E-state index contributed by atoms with van der Waals surface area (Å²) in [5, 5.41) is 9.42. The molecule has 0 unspecified atom stereocenters. The largest absolute Gasteiger partial charge is 0.393 e. The van der Waals surface area contributed by atoms with Crippen LogP contribution in [0.1, 0.15) is 38.5 Å². The Labute approximate surface area is 88.8 Å². The molecule has 2 nitrogen and oxygen atoms in total. The van der Waals surface area contributed by atoms with E-state index in [1.54, 1.807) is 0 Å². The van der Waals surface area contributed by atoms with Crippen molar-refractivity contribution >= 4 is 0 Å². The molecule has 15 heavy (non-hydrogen) atoms. The van der Waals surface area contributed by atoms with Gasteiger partial charge in [-0.2, -0.15) is 0 Å². The molecule has 0 aliphatic heterocycles. The number of nitrogens with two attached hydrogens (primary N) is 1. The highest BCUT2D eigenvalue weighted by Gasteiger charge is 2.54. The zero-order valence-corrected chi connectivity index (χ0v) is 8.88. The fraction of sp³-hybridized carbons (Fsp3) is 1.00. The highest BCUT2D eigenvalue weighted by molar-refractivity contribution is 5.00. The Morgan fingerprint density at radius 2 is 1.73 bits per heavy atom. The van der Waals surface area contributed by atoms with Crippen molar-refractivity contribution in [1.82, 2.24) is 0 Å². The monoisotopic (exact) mass is 219 g/mol. The van der Waals surface area contributed by atoms with Gasteiger partial charge in [-0.1, -0.05) is 0 Å². The summed E-state index contributed by atoms with van der Waals surface area (Å²) in [5.41, 5.74) is 5.65. The molecular weight excluding hydrogens is 200 g/mol. The van der Waals surface area contributed by atoms with Crippen LogP contribution in [0.3, 0.4) is 0 Å². The number of alkyl halides is 2. The summed E-state index contributed by atoms with van der Waals surface area (Å²) in [5.74, 6) is -2.38. The van der Waals surface area contributed by atoms with E-state index in [1.165, 1.54) is 0 Å². The molecule has 0 saturated heterocycles. The maximum atomic E-state index is 12.8. The fourth-order valence-corrected chi connectivity index (χ4v) is 3.05. The van der Waals surface area contributed by atoms with E-state index in [2.05, 4.69) is 0 Å². The number of hydrogen-bond donors (Lipinski definition) is 2. The zero-order valence-electron chi connectivity index (χ0n) is 8.88. The minimum absolute atomic E-state index is 0.000293. The van der Waals surface area contributed by atoms with E-state index < -0.39 is 5.92 Å². The highest BCUT2D eigenvalue weighted by atomic mass is 19.3. The van der Waals surface area contributed by atoms with Crippen molar-refractivity contribution in [3.05, 3.63) is 0 Å². The Morgan fingerprint density at radius 3 is 2.13 bits per heavy atom. The quantitative estimate of drug-likeness (QED) is 0.745. The van der Waals surface area contributed by atoms with Crippen LogP contribution in [0.5, 0.6) is 0 Å². The molecule has 2 rings (SSSR count). The van der Waals surface area contributed by atoms with Gasteiger partial charge >= 0.3 is 0 Å². The van der Waals surface area contributed by atoms with E-state index in [0.717, 1.165) is 25.7 Å². The van der Waals surface area contributed by atoms with E-state index >= 15 is 0 Å². The van der Waals surface area contributed by atoms with E-state index in [-0.39, 0.29) is 30.3 Å². The van der Waals surface area contributed by atoms with E-state index in [4.69, 9.17) is 5.73 Å². The van der Waals surface area contributed by atoms with Gasteiger partial charge in [-0.3, -0.25) is 0 Å². The zero-order chi connectivity index (χ0) is 11.1. The summed E-state index contributed by atoms with van der Waals surface area (Å²) in [7, 11) is 0. The molecule has 0 atom stereocenters. The third kappa shape index (κ3) is 2.02. The third-order valence-electron chi connectivity index (χ3n) is 4.31. The molecule has 2 aliphatic rings. The number of aliphatic hydroxyl groups excluding tert-OH is 1. The second-order valence-electron chi connectivity index (χ2n) is 5.26. The van der Waals surface area contributed by atoms with Crippen LogP contribution in [0.25, 0.3) is 0 Å². The molecule has 0 aromatic carbocycles. The van der Waals surface area contributed by atoms with Crippen molar-refractivity contribution in [1.29, 1.82) is 0 Å². The van der Waals surface area contributed by atoms with Gasteiger partial charge in [0.15, 0.2) is 0 Å². The van der Waals surface area contributed by atoms with Crippen LogP contribution in [-0.4, -0.2) is 23.7 Å². The van der Waals surface area contributed by atoms with Gasteiger partial charge in [0.2, 0.25) is 5.92 Å². The molecule has 0 spiro atoms. The van der Waals surface area contributed by atoms with Crippen LogP contribution >= 0.6 is 0 Å². The normalized spacial score (nSPS) is 41.2. The number of aliphatic hydroxyl groups is 1. The molecule has 0 aromatic rings. The van der Waals surface area contributed by atoms with Crippen molar-refractivity contribution in [2.24, 2.45) is 17.1 Å². The van der Waals surface area contributed by atoms with Crippen molar-refractivity contribution < 1.29 is 13.9 Å². The topological polar surface area (TPSA) is 46.2 Å². The lowest BCUT2D eigenvalue weighted by molar-refractivity contribution is -0.157. The first kappa shape index (κ1) is 11.3. The Morgan fingerprint density at radius 1 is 1.20 bits per heavy atom. The maximum Gasteiger partial charge on any atom is 0.248 e. The summed E-state index contributed by atoms with van der Waals surface area (Å²) < 4.78 is 25.7. The van der Waals surface area contributed by atoms with Gasteiger partial charge in [0.25, 0.3) is 0 Å². The smallest absolute Gasteiger partial charge is 0.248 e. The molecule has 4 heteroatoms. The van der Waals surface area contributed by atoms with Crippen LogP contribution in [0.4, 0.5) is 8.78 Å². The standard InChI is InChI=1S/C11H19F2NO/c12-11(13)5-8(6-11)10(7-14)3-1-9(15)2-4-10/h8-9,15H,1-7,14H2. The number of rotatable bonds is 2. The second-order valence-corrected chi connectivity index (χ2v) is 5.26. The molecule has 0 bridgehead atoms. The van der Waals surface area contributed by atoms with Gasteiger partial charge in [0.1, 0.15) is 0 Å². The van der Waals surface area contributed by atoms with Gasteiger partial charge in [-0.15, -0.1) is 0 Å². The van der Waals surface area contributed by atoms with Gasteiger partial charge in [0, 0.05) is 12.8 Å². The summed E-state index contributed by atoms with van der Waals surface area (Å²) in [6, 6.07) is 0. The van der Waals surface area contributed by atoms with Gasteiger partial charge in [-0.05, 0) is 43.6 Å². The lowest BCUT2D eigenvalue weighted by Gasteiger charge is -2.51. The molecule has 88 valence electrons. The molecular formula is C11H19F2NO. The van der Waals surface area contributed by atoms with Crippen molar-refractivity contribution in [3.8, 4) is 0 Å². The first-order chi connectivity index (χ1) is 6.97. The first-order valence-electron chi connectivity index (χ1n) is 5.73. The fourth-order valence-electron chi connectivity index (χ4n) is 3.05. The Bertz CT molecular complexity index is 229. The summed E-state index contributed by atoms with van der Waals surface area (Å²) in [4.78, 5) is 0. The Hall–Kier alpha value is -0.220. The van der Waals surface area contributed by atoms with Crippen molar-refractivity contribution in [2.75, 3.05) is 6.54 Å². The maximum absolute atomic E-state index is 12.8. The Balaban J connectivity index is 1.98. The van der Waals surface area contributed by atoms with E-state index in [0.29, 0.717) is 6.54 Å². The van der Waals surface area contributed by atoms with E-state index in [9.17, 15) is 13.9 Å².